The summed E-state index contributed by atoms with van der Waals surface area (Å²) in [7, 11) is 0. The minimum Gasteiger partial charge on any atom is -0.392 e. The Morgan fingerprint density at radius 1 is 1.47 bits per heavy atom. The smallest absolute Gasteiger partial charge is 0.230 e. The summed E-state index contributed by atoms with van der Waals surface area (Å²) in [5, 5.41) is 11.6. The number of hydrogen-bond donors (Lipinski definition) is 2. The van der Waals surface area contributed by atoms with E-state index in [0.29, 0.717) is 12.3 Å². The number of aliphatic hydroxyl groups excluding tert-OH is 1. The second-order valence-corrected chi connectivity index (χ2v) is 4.30. The summed E-state index contributed by atoms with van der Waals surface area (Å²) in [5.74, 6) is 0.334. The van der Waals surface area contributed by atoms with E-state index in [1.54, 1.807) is 6.92 Å². The molecule has 1 amide bonds. The fourth-order valence-corrected chi connectivity index (χ4v) is 1.73. The van der Waals surface area contributed by atoms with Crippen LogP contribution in [-0.4, -0.2) is 29.4 Å². The van der Waals surface area contributed by atoms with Crippen LogP contribution in [0, 0.1) is 0 Å². The van der Waals surface area contributed by atoms with Gasteiger partial charge in [0.25, 0.3) is 0 Å². The number of hydrogen-bond acceptors (Lipinski definition) is 3. The topological polar surface area (TPSA) is 49.3 Å². The molecule has 0 aromatic heterocycles. The van der Waals surface area contributed by atoms with Crippen LogP contribution >= 0.6 is 11.8 Å². The van der Waals surface area contributed by atoms with Crippen LogP contribution in [-0.2, 0) is 4.79 Å². The first-order valence-electron chi connectivity index (χ1n) is 4.81. The van der Waals surface area contributed by atoms with E-state index in [4.69, 9.17) is 5.11 Å². The summed E-state index contributed by atoms with van der Waals surface area (Å²) in [4.78, 5) is 12.4. The van der Waals surface area contributed by atoms with Crippen molar-refractivity contribution in [2.24, 2.45) is 0 Å². The summed E-state index contributed by atoms with van der Waals surface area (Å²) in [6.07, 6.45) is -0.490. The van der Waals surface area contributed by atoms with Gasteiger partial charge in [-0.05, 0) is 19.1 Å². The molecule has 1 aromatic carbocycles. The van der Waals surface area contributed by atoms with E-state index in [9.17, 15) is 4.79 Å². The predicted octanol–water partition coefficient (Wildman–Crippen LogP) is 1.28. The number of carbonyl (C=O) groups is 1. The van der Waals surface area contributed by atoms with Crippen LogP contribution in [0.15, 0.2) is 35.2 Å². The molecule has 1 unspecified atom stereocenters. The van der Waals surface area contributed by atoms with Gasteiger partial charge in [0.1, 0.15) is 0 Å². The maximum atomic E-state index is 11.3. The second-order valence-electron chi connectivity index (χ2n) is 3.25. The van der Waals surface area contributed by atoms with Gasteiger partial charge in [0.15, 0.2) is 0 Å². The Morgan fingerprint density at radius 3 is 2.73 bits per heavy atom. The van der Waals surface area contributed by atoms with Crippen LogP contribution in [0.1, 0.15) is 6.92 Å². The zero-order valence-corrected chi connectivity index (χ0v) is 9.46. The van der Waals surface area contributed by atoms with Crippen molar-refractivity contribution < 1.29 is 9.90 Å². The Bertz CT molecular complexity index is 301. The first-order chi connectivity index (χ1) is 7.18. The minimum absolute atomic E-state index is 0.0512. The van der Waals surface area contributed by atoms with E-state index in [1.807, 2.05) is 30.3 Å². The van der Waals surface area contributed by atoms with Crippen molar-refractivity contribution in [2.45, 2.75) is 17.9 Å². The molecule has 0 spiro atoms. The highest BCUT2D eigenvalue weighted by molar-refractivity contribution is 8.00. The lowest BCUT2D eigenvalue weighted by Gasteiger charge is -2.06. The molecule has 0 aliphatic rings. The summed E-state index contributed by atoms with van der Waals surface area (Å²) < 4.78 is 0. The SMILES string of the molecule is CC(O)CNC(=O)CSc1ccccc1. The standard InChI is InChI=1S/C11H15NO2S/c1-9(13)7-12-11(14)8-15-10-5-3-2-4-6-10/h2-6,9,13H,7-8H2,1H3,(H,12,14). The van der Waals surface area contributed by atoms with E-state index < -0.39 is 6.10 Å². The van der Waals surface area contributed by atoms with Gasteiger partial charge in [-0.3, -0.25) is 4.79 Å². The van der Waals surface area contributed by atoms with E-state index in [-0.39, 0.29) is 5.91 Å². The molecule has 15 heavy (non-hydrogen) atoms. The van der Waals surface area contributed by atoms with E-state index in [0.717, 1.165) is 4.90 Å². The molecule has 0 fully saturated rings. The molecule has 1 atom stereocenters. The summed E-state index contributed by atoms with van der Waals surface area (Å²) in [5.41, 5.74) is 0. The molecule has 3 nitrogen and oxygen atoms in total. The van der Waals surface area contributed by atoms with Crippen LogP contribution in [0.25, 0.3) is 0 Å². The highest BCUT2D eigenvalue weighted by atomic mass is 32.2. The van der Waals surface area contributed by atoms with Gasteiger partial charge in [-0.15, -0.1) is 11.8 Å². The van der Waals surface area contributed by atoms with Gasteiger partial charge in [0, 0.05) is 11.4 Å². The van der Waals surface area contributed by atoms with Gasteiger partial charge in [-0.2, -0.15) is 0 Å². The van der Waals surface area contributed by atoms with Gasteiger partial charge in [0.05, 0.1) is 11.9 Å². The molecule has 1 aromatic rings. The van der Waals surface area contributed by atoms with Crippen LogP contribution in [0.5, 0.6) is 0 Å². The van der Waals surface area contributed by atoms with Gasteiger partial charge in [-0.25, -0.2) is 0 Å². The highest BCUT2D eigenvalue weighted by Crippen LogP contribution is 2.15. The molecule has 0 heterocycles. The van der Waals surface area contributed by atoms with Crippen molar-refractivity contribution in [2.75, 3.05) is 12.3 Å². The number of amides is 1. The zero-order valence-electron chi connectivity index (χ0n) is 8.64. The lowest BCUT2D eigenvalue weighted by molar-refractivity contribution is -0.118. The molecule has 4 heteroatoms. The third kappa shape index (κ3) is 5.44. The van der Waals surface area contributed by atoms with Crippen LogP contribution < -0.4 is 5.32 Å². The number of aliphatic hydroxyl groups is 1. The molecule has 2 N–H and O–H groups in total. The molecule has 1 rings (SSSR count). The lowest BCUT2D eigenvalue weighted by atomic mass is 10.4. The Balaban J connectivity index is 2.23. The van der Waals surface area contributed by atoms with Crippen molar-refractivity contribution in [1.82, 2.24) is 5.32 Å². The molecule has 0 aliphatic heterocycles. The molecule has 0 saturated heterocycles. The first kappa shape index (κ1) is 12.1. The van der Waals surface area contributed by atoms with Crippen molar-refractivity contribution in [3.8, 4) is 0 Å². The Kier molecular flexibility index (Phi) is 5.21. The number of thioether (sulfide) groups is 1. The minimum atomic E-state index is -0.490. The number of rotatable bonds is 5. The molecular weight excluding hydrogens is 210 g/mol. The summed E-state index contributed by atoms with van der Waals surface area (Å²) in [6.45, 7) is 1.96. The molecule has 82 valence electrons. The Labute approximate surface area is 93.9 Å². The maximum absolute atomic E-state index is 11.3. The van der Waals surface area contributed by atoms with Gasteiger partial charge in [0.2, 0.25) is 5.91 Å². The molecule has 0 aliphatic carbocycles. The Hall–Kier alpha value is -1.00. The third-order valence-corrected chi connectivity index (χ3v) is 2.72. The van der Waals surface area contributed by atoms with E-state index >= 15 is 0 Å². The van der Waals surface area contributed by atoms with Crippen molar-refractivity contribution in [3.63, 3.8) is 0 Å². The average Bonchev–Trinajstić information content (AvgIpc) is 2.25. The predicted molar refractivity (Wildman–Crippen MR) is 61.9 cm³/mol. The quantitative estimate of drug-likeness (QED) is 0.742. The summed E-state index contributed by atoms with van der Waals surface area (Å²) in [6, 6.07) is 9.75. The first-order valence-corrected chi connectivity index (χ1v) is 5.79. The highest BCUT2D eigenvalue weighted by Gasteiger charge is 2.03. The Morgan fingerprint density at radius 2 is 2.13 bits per heavy atom. The van der Waals surface area contributed by atoms with Crippen molar-refractivity contribution >= 4 is 17.7 Å². The van der Waals surface area contributed by atoms with Gasteiger partial charge in [-0.1, -0.05) is 18.2 Å². The normalized spacial score (nSPS) is 12.1. The van der Waals surface area contributed by atoms with E-state index in [2.05, 4.69) is 5.32 Å². The number of carbonyl (C=O) groups excluding carboxylic acids is 1. The van der Waals surface area contributed by atoms with Crippen LogP contribution in [0.3, 0.4) is 0 Å². The second kappa shape index (κ2) is 6.48. The monoisotopic (exact) mass is 225 g/mol. The molecular formula is C11H15NO2S. The molecule has 0 saturated carbocycles. The molecule has 0 bridgehead atoms. The van der Waals surface area contributed by atoms with Crippen LogP contribution in [0.4, 0.5) is 0 Å². The fraction of sp³-hybridized carbons (Fsp3) is 0.364. The largest absolute Gasteiger partial charge is 0.392 e. The van der Waals surface area contributed by atoms with Crippen molar-refractivity contribution in [1.29, 1.82) is 0 Å². The molecule has 0 radical (unpaired) electrons. The fourth-order valence-electron chi connectivity index (χ4n) is 0.978. The van der Waals surface area contributed by atoms with Gasteiger partial charge < -0.3 is 10.4 Å². The van der Waals surface area contributed by atoms with Gasteiger partial charge >= 0.3 is 0 Å². The third-order valence-electron chi connectivity index (χ3n) is 1.71. The lowest BCUT2D eigenvalue weighted by Crippen LogP contribution is -2.31. The average molecular weight is 225 g/mol. The maximum Gasteiger partial charge on any atom is 0.230 e. The van der Waals surface area contributed by atoms with Crippen molar-refractivity contribution in [3.05, 3.63) is 30.3 Å². The number of nitrogens with one attached hydrogen (secondary N) is 1. The van der Waals surface area contributed by atoms with E-state index in [1.165, 1.54) is 11.8 Å². The zero-order chi connectivity index (χ0) is 11.1. The number of benzene rings is 1. The summed E-state index contributed by atoms with van der Waals surface area (Å²) >= 11 is 1.49. The van der Waals surface area contributed by atoms with Crippen LogP contribution in [0.2, 0.25) is 0 Å².